The minimum Gasteiger partial charge on any atom is -0.453 e. The van der Waals surface area contributed by atoms with E-state index in [0.29, 0.717) is 4.47 Å². The molecular weight excluding hydrogens is 441 g/mol. The Kier molecular flexibility index (Phi) is 5.44. The van der Waals surface area contributed by atoms with Crippen molar-refractivity contribution in [3.05, 3.63) is 89.9 Å². The first kappa shape index (κ1) is 18.9. The van der Waals surface area contributed by atoms with Crippen LogP contribution in [0.3, 0.4) is 0 Å². The quantitative estimate of drug-likeness (QED) is 0.655. The lowest BCUT2D eigenvalue weighted by Crippen LogP contribution is -2.29. The summed E-state index contributed by atoms with van der Waals surface area (Å²) in [5.41, 5.74) is -0.749. The molecule has 2 aromatic carbocycles. The van der Waals surface area contributed by atoms with Crippen LogP contribution in [-0.2, 0) is 6.54 Å². The summed E-state index contributed by atoms with van der Waals surface area (Å²) in [4.78, 5) is 25.1. The Balaban J connectivity index is 1.99. The maximum absolute atomic E-state index is 15.0. The van der Waals surface area contributed by atoms with E-state index in [1.54, 1.807) is 6.07 Å². The van der Waals surface area contributed by atoms with Crippen molar-refractivity contribution in [3.63, 3.8) is 0 Å². The van der Waals surface area contributed by atoms with E-state index in [9.17, 15) is 14.0 Å². The molecule has 3 aromatic rings. The molecule has 0 amide bonds. The number of H-pyrrole nitrogens is 1. The standard InChI is InChI=1S/C18H10BrClFN3O3/c19-14-2-1-11(9-24-4-3-15(25)23-18(24)26)16(21)17(14)27-13-6-10(8-22)5-12(20)7-13/h1-7H,9H2,(H,23,25,26). The smallest absolute Gasteiger partial charge is 0.328 e. The van der Waals surface area contributed by atoms with E-state index in [2.05, 4.69) is 20.9 Å². The average molecular weight is 451 g/mol. The second kappa shape index (κ2) is 7.78. The Labute approximate surface area is 165 Å². The number of hydrogen-bond donors (Lipinski definition) is 1. The number of aromatic nitrogens is 2. The van der Waals surface area contributed by atoms with Gasteiger partial charge in [-0.2, -0.15) is 5.26 Å². The van der Waals surface area contributed by atoms with Crippen molar-refractivity contribution in [1.82, 2.24) is 9.55 Å². The van der Waals surface area contributed by atoms with Crippen molar-refractivity contribution >= 4 is 27.5 Å². The molecule has 0 radical (unpaired) electrons. The van der Waals surface area contributed by atoms with Gasteiger partial charge in [0.2, 0.25) is 0 Å². The van der Waals surface area contributed by atoms with E-state index < -0.39 is 17.1 Å². The first-order valence-corrected chi connectivity index (χ1v) is 8.69. The Morgan fingerprint density at radius 1 is 1.26 bits per heavy atom. The third kappa shape index (κ3) is 4.27. The van der Waals surface area contributed by atoms with Gasteiger partial charge in [-0.25, -0.2) is 9.18 Å². The summed E-state index contributed by atoms with van der Waals surface area (Å²) in [6.07, 6.45) is 1.28. The second-order valence-corrected chi connectivity index (χ2v) is 6.77. The van der Waals surface area contributed by atoms with Crippen LogP contribution in [0.2, 0.25) is 5.02 Å². The molecule has 27 heavy (non-hydrogen) atoms. The van der Waals surface area contributed by atoms with Crippen LogP contribution in [0.15, 0.2) is 56.7 Å². The minimum atomic E-state index is -0.694. The fraction of sp³-hybridized carbons (Fsp3) is 0.0556. The monoisotopic (exact) mass is 449 g/mol. The maximum atomic E-state index is 15.0. The summed E-state index contributed by atoms with van der Waals surface area (Å²) in [5, 5.41) is 9.28. The lowest BCUT2D eigenvalue weighted by Gasteiger charge is -2.13. The summed E-state index contributed by atoms with van der Waals surface area (Å²) >= 11 is 9.16. The van der Waals surface area contributed by atoms with Gasteiger partial charge in [0.1, 0.15) is 5.75 Å². The van der Waals surface area contributed by atoms with Crippen molar-refractivity contribution in [1.29, 1.82) is 5.26 Å². The zero-order valence-electron chi connectivity index (χ0n) is 13.5. The highest BCUT2D eigenvalue weighted by Crippen LogP contribution is 2.35. The number of benzene rings is 2. The molecule has 0 atom stereocenters. The number of aromatic amines is 1. The summed E-state index contributed by atoms with van der Waals surface area (Å²) in [6, 6.07) is 10.5. The van der Waals surface area contributed by atoms with Crippen LogP contribution in [0, 0.1) is 17.1 Å². The van der Waals surface area contributed by atoms with Crippen molar-refractivity contribution in [2.45, 2.75) is 6.54 Å². The van der Waals surface area contributed by atoms with Crippen LogP contribution in [-0.4, -0.2) is 9.55 Å². The molecule has 0 aliphatic heterocycles. The normalized spacial score (nSPS) is 10.4. The summed E-state index contributed by atoms with van der Waals surface area (Å²) in [6.45, 7) is -0.107. The van der Waals surface area contributed by atoms with Gasteiger partial charge >= 0.3 is 5.69 Å². The molecule has 1 aromatic heterocycles. The number of hydrogen-bond acceptors (Lipinski definition) is 4. The molecule has 9 heteroatoms. The molecule has 1 heterocycles. The highest BCUT2D eigenvalue weighted by atomic mass is 79.9. The molecule has 1 N–H and O–H groups in total. The molecule has 136 valence electrons. The van der Waals surface area contributed by atoms with E-state index in [4.69, 9.17) is 21.6 Å². The molecule has 0 fully saturated rings. The van der Waals surface area contributed by atoms with Gasteiger partial charge in [0.05, 0.1) is 22.7 Å². The summed E-state index contributed by atoms with van der Waals surface area (Å²) in [7, 11) is 0. The van der Waals surface area contributed by atoms with Crippen molar-refractivity contribution in [2.24, 2.45) is 0 Å². The number of rotatable bonds is 4. The van der Waals surface area contributed by atoms with Gasteiger partial charge in [-0.05, 0) is 40.2 Å². The fourth-order valence-corrected chi connectivity index (χ4v) is 2.96. The van der Waals surface area contributed by atoms with Crippen LogP contribution in [0.1, 0.15) is 11.1 Å². The molecule has 3 rings (SSSR count). The van der Waals surface area contributed by atoms with Gasteiger partial charge < -0.3 is 4.74 Å². The molecule has 0 unspecified atom stereocenters. The molecule has 0 aliphatic carbocycles. The summed E-state index contributed by atoms with van der Waals surface area (Å²) in [5.74, 6) is -0.617. The Morgan fingerprint density at radius 2 is 2.04 bits per heavy atom. The summed E-state index contributed by atoms with van der Waals surface area (Å²) < 4.78 is 22.0. The number of nitrogens with zero attached hydrogens (tertiary/aromatic N) is 2. The highest BCUT2D eigenvalue weighted by molar-refractivity contribution is 9.10. The van der Waals surface area contributed by atoms with E-state index in [1.165, 1.54) is 36.5 Å². The van der Waals surface area contributed by atoms with E-state index in [1.807, 2.05) is 6.07 Å². The van der Waals surface area contributed by atoms with Crippen LogP contribution in [0.25, 0.3) is 0 Å². The lowest BCUT2D eigenvalue weighted by molar-refractivity contribution is 0.434. The average Bonchev–Trinajstić information content (AvgIpc) is 2.62. The first-order chi connectivity index (χ1) is 12.9. The van der Waals surface area contributed by atoms with Gasteiger partial charge in [0.15, 0.2) is 11.6 Å². The van der Waals surface area contributed by atoms with Gasteiger partial charge in [-0.15, -0.1) is 0 Å². The number of nitriles is 1. The molecule has 0 saturated carbocycles. The Hall–Kier alpha value is -2.89. The predicted molar refractivity (Wildman–Crippen MR) is 101 cm³/mol. The molecule has 6 nitrogen and oxygen atoms in total. The van der Waals surface area contributed by atoms with Gasteiger partial charge in [0.25, 0.3) is 5.56 Å². The maximum Gasteiger partial charge on any atom is 0.328 e. The Morgan fingerprint density at radius 3 is 2.74 bits per heavy atom. The van der Waals surface area contributed by atoms with Crippen molar-refractivity contribution in [2.75, 3.05) is 0 Å². The fourth-order valence-electron chi connectivity index (χ4n) is 2.35. The van der Waals surface area contributed by atoms with E-state index in [-0.39, 0.29) is 34.2 Å². The lowest BCUT2D eigenvalue weighted by atomic mass is 10.2. The van der Waals surface area contributed by atoms with Crippen LogP contribution in [0.5, 0.6) is 11.5 Å². The van der Waals surface area contributed by atoms with Crippen molar-refractivity contribution in [3.8, 4) is 17.6 Å². The zero-order chi connectivity index (χ0) is 19.6. The van der Waals surface area contributed by atoms with Gasteiger partial charge in [0, 0.05) is 22.8 Å². The van der Waals surface area contributed by atoms with Crippen LogP contribution < -0.4 is 16.0 Å². The topological polar surface area (TPSA) is 87.9 Å². The minimum absolute atomic E-state index is 0.107. The first-order valence-electron chi connectivity index (χ1n) is 7.52. The third-order valence-corrected chi connectivity index (χ3v) is 4.43. The van der Waals surface area contributed by atoms with Crippen LogP contribution in [0.4, 0.5) is 4.39 Å². The van der Waals surface area contributed by atoms with Crippen molar-refractivity contribution < 1.29 is 9.13 Å². The highest BCUT2D eigenvalue weighted by Gasteiger charge is 2.16. The largest absolute Gasteiger partial charge is 0.453 e. The second-order valence-electron chi connectivity index (χ2n) is 5.48. The predicted octanol–water partition coefficient (Wildman–Crippen LogP) is 3.80. The number of halogens is 3. The zero-order valence-corrected chi connectivity index (χ0v) is 15.8. The molecule has 0 saturated heterocycles. The SMILES string of the molecule is N#Cc1cc(Cl)cc(Oc2c(Br)ccc(Cn3ccc(=O)[nH]c3=O)c2F)c1. The van der Waals surface area contributed by atoms with Gasteiger partial charge in [-0.3, -0.25) is 14.3 Å². The molecule has 0 bridgehead atoms. The molecule has 0 aliphatic rings. The third-order valence-electron chi connectivity index (χ3n) is 3.59. The van der Waals surface area contributed by atoms with E-state index in [0.717, 1.165) is 4.57 Å². The Bertz CT molecular complexity index is 1180. The van der Waals surface area contributed by atoms with Crippen LogP contribution >= 0.6 is 27.5 Å². The molecule has 0 spiro atoms. The number of nitrogens with one attached hydrogen (secondary N) is 1. The number of ether oxygens (including phenoxy) is 1. The molecular formula is C18H10BrClFN3O3. The van der Waals surface area contributed by atoms with Gasteiger partial charge in [-0.1, -0.05) is 17.7 Å². The van der Waals surface area contributed by atoms with E-state index >= 15 is 0 Å².